The fraction of sp³-hybridized carbons (Fsp3) is 0.304. The van der Waals surface area contributed by atoms with Gasteiger partial charge in [-0.3, -0.25) is 19.8 Å². The second-order valence-electron chi connectivity index (χ2n) is 7.39. The Hall–Kier alpha value is -3.48. The summed E-state index contributed by atoms with van der Waals surface area (Å²) in [4.78, 5) is 43.9. The van der Waals surface area contributed by atoms with Crippen molar-refractivity contribution >= 4 is 29.2 Å². The summed E-state index contributed by atoms with van der Waals surface area (Å²) in [5, 5.41) is 5.29. The maximum Gasteiger partial charge on any atom is 0.325 e. The normalized spacial score (nSPS) is 16.2. The second kappa shape index (κ2) is 8.90. The molecule has 2 N–H and O–H groups in total. The molecule has 1 heterocycles. The first-order valence-corrected chi connectivity index (χ1v) is 9.94. The molecule has 0 aromatic heterocycles. The molecular weight excluding hydrogens is 380 g/mol. The topological polar surface area (TPSA) is 90.9 Å². The van der Waals surface area contributed by atoms with Crippen molar-refractivity contribution in [2.45, 2.75) is 40.5 Å². The molecule has 3 rings (SSSR count). The molecule has 1 aromatic carbocycles. The Morgan fingerprint density at radius 3 is 2.63 bits per heavy atom. The number of anilines is 1. The molecule has 0 spiro atoms. The molecule has 0 bridgehead atoms. The number of aliphatic imine (C=N–C) groups is 1. The number of fused-ring (bicyclic) bond motifs is 1. The molecule has 2 aliphatic rings. The number of amides is 3. The van der Waals surface area contributed by atoms with Gasteiger partial charge in [-0.15, -0.1) is 0 Å². The van der Waals surface area contributed by atoms with E-state index in [4.69, 9.17) is 0 Å². The predicted molar refractivity (Wildman–Crippen MR) is 117 cm³/mol. The minimum Gasteiger partial charge on any atom is -0.308 e. The number of rotatable bonds is 4. The monoisotopic (exact) mass is 406 g/mol. The van der Waals surface area contributed by atoms with Gasteiger partial charge in [0.15, 0.2) is 5.78 Å². The fourth-order valence-corrected chi connectivity index (χ4v) is 3.49. The molecule has 1 aliphatic heterocycles. The molecule has 30 heavy (non-hydrogen) atoms. The number of carbonyl (C=O) groups excluding carboxylic acids is 3. The second-order valence-corrected chi connectivity index (χ2v) is 7.39. The van der Waals surface area contributed by atoms with E-state index in [2.05, 4.69) is 15.6 Å². The van der Waals surface area contributed by atoms with Crippen molar-refractivity contribution in [2.75, 3.05) is 11.9 Å². The Kier molecular flexibility index (Phi) is 6.30. The van der Waals surface area contributed by atoms with Crippen LogP contribution in [-0.2, 0) is 9.59 Å². The SMILES string of the molecule is CCC(=O)CN1C(=O)C(NC(=O)Nc2cccc(C)c2)=NC(C)=C2CC=CC(C)=C21. The molecule has 0 saturated carbocycles. The number of benzene rings is 1. The minimum absolute atomic E-state index is 0.0627. The number of urea groups is 1. The minimum atomic E-state index is -0.569. The summed E-state index contributed by atoms with van der Waals surface area (Å²) < 4.78 is 0. The van der Waals surface area contributed by atoms with Gasteiger partial charge < -0.3 is 5.32 Å². The summed E-state index contributed by atoms with van der Waals surface area (Å²) in [7, 11) is 0. The number of hydrogen-bond donors (Lipinski definition) is 2. The number of ketones is 1. The lowest BCUT2D eigenvalue weighted by molar-refractivity contribution is -0.128. The Balaban J connectivity index is 1.92. The summed E-state index contributed by atoms with van der Waals surface area (Å²) in [6, 6.07) is 6.77. The molecule has 1 aromatic rings. The summed E-state index contributed by atoms with van der Waals surface area (Å²) in [6.45, 7) is 7.33. The maximum atomic E-state index is 13.3. The highest BCUT2D eigenvalue weighted by atomic mass is 16.2. The predicted octanol–water partition coefficient (Wildman–Crippen LogP) is 3.84. The molecule has 156 valence electrons. The molecule has 0 saturated heterocycles. The van der Waals surface area contributed by atoms with Gasteiger partial charge in [0.05, 0.1) is 12.2 Å². The van der Waals surface area contributed by atoms with Crippen LogP contribution in [0.15, 0.2) is 64.0 Å². The van der Waals surface area contributed by atoms with Crippen LogP contribution in [0.3, 0.4) is 0 Å². The van der Waals surface area contributed by atoms with Gasteiger partial charge in [-0.05, 0) is 50.5 Å². The number of nitrogens with one attached hydrogen (secondary N) is 2. The molecule has 7 nitrogen and oxygen atoms in total. The van der Waals surface area contributed by atoms with Gasteiger partial charge >= 0.3 is 6.03 Å². The van der Waals surface area contributed by atoms with Crippen LogP contribution in [0.25, 0.3) is 0 Å². The lowest BCUT2D eigenvalue weighted by Crippen LogP contribution is -2.47. The number of hydrogen-bond acceptors (Lipinski definition) is 4. The van der Waals surface area contributed by atoms with E-state index in [9.17, 15) is 14.4 Å². The van der Waals surface area contributed by atoms with Gasteiger partial charge in [0.1, 0.15) is 0 Å². The molecule has 0 atom stereocenters. The van der Waals surface area contributed by atoms with Crippen LogP contribution in [0.4, 0.5) is 10.5 Å². The van der Waals surface area contributed by atoms with Crippen molar-refractivity contribution in [2.24, 2.45) is 4.99 Å². The molecule has 1 aliphatic carbocycles. The molecular formula is C23H26N4O3. The van der Waals surface area contributed by atoms with Crippen LogP contribution >= 0.6 is 0 Å². The lowest BCUT2D eigenvalue weighted by atomic mass is 9.96. The Morgan fingerprint density at radius 2 is 1.93 bits per heavy atom. The largest absolute Gasteiger partial charge is 0.325 e. The van der Waals surface area contributed by atoms with E-state index in [0.29, 0.717) is 29.9 Å². The molecule has 0 unspecified atom stereocenters. The number of Topliss-reactive ketones (excluding diaryl/α,β-unsaturated/α-hetero) is 1. The Bertz CT molecular complexity index is 1030. The van der Waals surface area contributed by atoms with Gasteiger partial charge in [-0.2, -0.15) is 0 Å². The summed E-state index contributed by atoms with van der Waals surface area (Å²) in [5.74, 6) is -0.681. The van der Waals surface area contributed by atoms with Crippen LogP contribution in [0.5, 0.6) is 0 Å². The standard InChI is InChI=1S/C23H26N4O3/c1-5-18(28)13-27-20-15(3)9-7-11-19(20)16(4)24-21(22(27)29)26-23(30)25-17-10-6-8-14(2)12-17/h6-10,12H,5,11,13H2,1-4H3,(H2,24,25,26,30). The summed E-state index contributed by atoms with van der Waals surface area (Å²) in [5.41, 5.74) is 4.70. The number of allylic oxidation sites excluding steroid dienone is 5. The molecule has 7 heteroatoms. The molecule has 0 radical (unpaired) electrons. The Labute approximate surface area is 176 Å². The third-order valence-electron chi connectivity index (χ3n) is 5.02. The summed E-state index contributed by atoms with van der Waals surface area (Å²) in [6.07, 6.45) is 4.86. The van der Waals surface area contributed by atoms with E-state index in [1.807, 2.05) is 44.2 Å². The van der Waals surface area contributed by atoms with Crippen LogP contribution in [-0.4, -0.2) is 35.0 Å². The van der Waals surface area contributed by atoms with Gasteiger partial charge in [0, 0.05) is 23.4 Å². The van der Waals surface area contributed by atoms with Gasteiger partial charge in [-0.1, -0.05) is 31.2 Å². The summed E-state index contributed by atoms with van der Waals surface area (Å²) >= 11 is 0. The van der Waals surface area contributed by atoms with Gasteiger partial charge in [0.25, 0.3) is 5.91 Å². The van der Waals surface area contributed by atoms with E-state index >= 15 is 0 Å². The van der Waals surface area contributed by atoms with E-state index in [0.717, 1.165) is 16.7 Å². The van der Waals surface area contributed by atoms with Crippen molar-refractivity contribution in [3.63, 3.8) is 0 Å². The van der Waals surface area contributed by atoms with Crippen molar-refractivity contribution in [1.29, 1.82) is 0 Å². The van der Waals surface area contributed by atoms with Gasteiger partial charge in [0.2, 0.25) is 5.84 Å². The first kappa shape index (κ1) is 21.2. The highest BCUT2D eigenvalue weighted by Gasteiger charge is 2.33. The van der Waals surface area contributed by atoms with Crippen molar-refractivity contribution in [1.82, 2.24) is 10.2 Å². The average molecular weight is 406 g/mol. The fourth-order valence-electron chi connectivity index (χ4n) is 3.49. The van der Waals surface area contributed by atoms with Gasteiger partial charge in [-0.25, -0.2) is 9.79 Å². The zero-order valence-corrected chi connectivity index (χ0v) is 17.7. The smallest absolute Gasteiger partial charge is 0.308 e. The lowest BCUT2D eigenvalue weighted by Gasteiger charge is -2.28. The van der Waals surface area contributed by atoms with Crippen LogP contribution < -0.4 is 10.6 Å². The maximum absolute atomic E-state index is 13.3. The average Bonchev–Trinajstić information content (AvgIpc) is 2.79. The van der Waals surface area contributed by atoms with E-state index in [-0.39, 0.29) is 18.2 Å². The van der Waals surface area contributed by atoms with Crippen LogP contribution in [0, 0.1) is 6.92 Å². The first-order valence-electron chi connectivity index (χ1n) is 9.94. The third-order valence-corrected chi connectivity index (χ3v) is 5.02. The Morgan fingerprint density at radius 1 is 1.17 bits per heavy atom. The number of nitrogens with zero attached hydrogens (tertiary/aromatic N) is 2. The molecule has 3 amide bonds. The van der Waals surface area contributed by atoms with Crippen LogP contribution in [0.2, 0.25) is 0 Å². The molecule has 0 fully saturated rings. The van der Waals surface area contributed by atoms with Crippen molar-refractivity contribution < 1.29 is 14.4 Å². The van der Waals surface area contributed by atoms with Crippen LogP contribution in [0.1, 0.15) is 39.2 Å². The van der Waals surface area contributed by atoms with Crippen molar-refractivity contribution in [3.05, 3.63) is 64.5 Å². The zero-order chi connectivity index (χ0) is 21.8. The third kappa shape index (κ3) is 4.56. The van der Waals surface area contributed by atoms with E-state index < -0.39 is 11.9 Å². The zero-order valence-electron chi connectivity index (χ0n) is 17.7. The highest BCUT2D eigenvalue weighted by molar-refractivity contribution is 6.41. The first-order chi connectivity index (χ1) is 14.3. The quantitative estimate of drug-likeness (QED) is 0.796. The van der Waals surface area contributed by atoms with E-state index in [1.54, 1.807) is 19.9 Å². The number of carbonyl (C=O) groups is 3. The highest BCUT2D eigenvalue weighted by Crippen LogP contribution is 2.32. The number of aryl methyl sites for hydroxylation is 1. The van der Waals surface area contributed by atoms with E-state index in [1.165, 1.54) is 4.90 Å². The number of amidine groups is 1. The van der Waals surface area contributed by atoms with Crippen molar-refractivity contribution in [3.8, 4) is 0 Å².